The van der Waals surface area contributed by atoms with E-state index in [1.54, 1.807) is 16.7 Å². The minimum atomic E-state index is -0.528. The van der Waals surface area contributed by atoms with E-state index in [2.05, 4.69) is 29.8 Å². The zero-order chi connectivity index (χ0) is 28.9. The second-order valence-corrected chi connectivity index (χ2v) is 12.4. The molecule has 0 spiro atoms. The maximum Gasteiger partial charge on any atom is 0.267 e. The summed E-state index contributed by atoms with van der Waals surface area (Å²) in [7, 11) is 0. The standard InChI is InChI=1S/C32H36FN5O3/c1-32(2)16-27-29(23-12-6-19(33)15-26(23)38(27)28(39)17-32)18-5-11-22(30(34)40)25(14-18)36-20-7-9-21(10-8-20)37-31(41)24-4-3-13-35-24/h4-6,11-12,14-15,20-21,35-36H,3,7-10,13,16-17H2,1-2H3,(H2,34,40)(H,37,41). The van der Waals surface area contributed by atoms with Gasteiger partial charge in [-0.1, -0.05) is 26.0 Å². The smallest absolute Gasteiger partial charge is 0.267 e. The van der Waals surface area contributed by atoms with Crippen molar-refractivity contribution in [1.29, 1.82) is 0 Å². The molecule has 9 heteroatoms. The van der Waals surface area contributed by atoms with Crippen molar-refractivity contribution in [2.75, 3.05) is 11.9 Å². The molecule has 0 unspecified atom stereocenters. The van der Waals surface area contributed by atoms with Gasteiger partial charge in [0.2, 0.25) is 5.91 Å². The van der Waals surface area contributed by atoms with Gasteiger partial charge in [-0.2, -0.15) is 0 Å². The van der Waals surface area contributed by atoms with Crippen LogP contribution in [0, 0.1) is 11.2 Å². The first-order valence-electron chi connectivity index (χ1n) is 14.4. The number of amides is 2. The first-order valence-corrected chi connectivity index (χ1v) is 14.4. The van der Waals surface area contributed by atoms with Crippen molar-refractivity contribution in [3.8, 4) is 11.1 Å². The molecule has 3 aromatic rings. The molecule has 3 aliphatic rings. The Kier molecular flexibility index (Phi) is 6.83. The van der Waals surface area contributed by atoms with E-state index in [1.807, 2.05) is 18.2 Å². The molecular formula is C32H36FN5O3. The normalized spacial score (nSPS) is 21.6. The number of fused-ring (bicyclic) bond motifs is 3. The Balaban J connectivity index is 1.30. The van der Waals surface area contributed by atoms with Gasteiger partial charge in [0.25, 0.3) is 11.8 Å². The van der Waals surface area contributed by atoms with Crippen molar-refractivity contribution < 1.29 is 18.8 Å². The highest BCUT2D eigenvalue weighted by atomic mass is 19.1. The van der Waals surface area contributed by atoms with E-state index in [0.29, 0.717) is 35.3 Å². The van der Waals surface area contributed by atoms with Crippen LogP contribution in [0.5, 0.6) is 0 Å². The number of carbonyl (C=O) groups is 3. The summed E-state index contributed by atoms with van der Waals surface area (Å²) in [5.74, 6) is -1.02. The summed E-state index contributed by atoms with van der Waals surface area (Å²) in [5.41, 5.74) is 10.4. The molecule has 41 heavy (non-hydrogen) atoms. The second kappa shape index (κ2) is 10.4. The predicted octanol–water partition coefficient (Wildman–Crippen LogP) is 4.88. The molecule has 1 saturated carbocycles. The van der Waals surface area contributed by atoms with Crippen LogP contribution < -0.4 is 21.7 Å². The fraction of sp³-hybridized carbons (Fsp3) is 0.406. The van der Waals surface area contributed by atoms with Crippen LogP contribution in [0.4, 0.5) is 10.1 Å². The molecule has 5 N–H and O–H groups in total. The lowest BCUT2D eigenvalue weighted by Crippen LogP contribution is -2.42. The molecule has 0 saturated heterocycles. The van der Waals surface area contributed by atoms with Gasteiger partial charge in [0.1, 0.15) is 5.82 Å². The average molecular weight is 558 g/mol. The Labute approximate surface area is 238 Å². The van der Waals surface area contributed by atoms with Crippen molar-refractivity contribution >= 4 is 34.3 Å². The van der Waals surface area contributed by atoms with Crippen LogP contribution >= 0.6 is 0 Å². The molecule has 1 aromatic heterocycles. The summed E-state index contributed by atoms with van der Waals surface area (Å²) >= 11 is 0. The lowest BCUT2D eigenvalue weighted by Gasteiger charge is -2.31. The van der Waals surface area contributed by atoms with Gasteiger partial charge in [0, 0.05) is 47.4 Å². The van der Waals surface area contributed by atoms with Gasteiger partial charge in [0.05, 0.1) is 16.8 Å². The molecular weight excluding hydrogens is 521 g/mol. The maximum atomic E-state index is 14.3. The Bertz CT molecular complexity index is 1600. The van der Waals surface area contributed by atoms with Crippen LogP contribution in [0.25, 0.3) is 22.0 Å². The molecule has 1 fully saturated rings. The van der Waals surface area contributed by atoms with E-state index in [1.165, 1.54) is 12.1 Å². The monoisotopic (exact) mass is 557 g/mol. The maximum absolute atomic E-state index is 14.3. The third-order valence-corrected chi connectivity index (χ3v) is 8.60. The predicted molar refractivity (Wildman–Crippen MR) is 157 cm³/mol. The molecule has 0 atom stereocenters. The van der Waals surface area contributed by atoms with Crippen molar-refractivity contribution in [2.45, 2.75) is 70.9 Å². The summed E-state index contributed by atoms with van der Waals surface area (Å²) in [6.45, 7) is 4.94. The summed E-state index contributed by atoms with van der Waals surface area (Å²) < 4.78 is 16.0. The van der Waals surface area contributed by atoms with Gasteiger partial charge >= 0.3 is 0 Å². The van der Waals surface area contributed by atoms with Crippen molar-refractivity contribution in [3.05, 3.63) is 65.2 Å². The topological polar surface area (TPSA) is 118 Å². The van der Waals surface area contributed by atoms with Gasteiger partial charge in [-0.05, 0) is 79.8 Å². The number of nitrogens with zero attached hydrogens (tertiary/aromatic N) is 1. The number of nitrogens with one attached hydrogen (secondary N) is 3. The summed E-state index contributed by atoms with van der Waals surface area (Å²) in [6.07, 6.45) is 7.13. The zero-order valence-corrected chi connectivity index (χ0v) is 23.5. The molecule has 2 amide bonds. The molecule has 2 aromatic carbocycles. The average Bonchev–Trinajstić information content (AvgIpc) is 3.55. The third kappa shape index (κ3) is 5.21. The van der Waals surface area contributed by atoms with Crippen LogP contribution in [-0.4, -0.2) is 40.9 Å². The highest BCUT2D eigenvalue weighted by Gasteiger charge is 2.35. The zero-order valence-electron chi connectivity index (χ0n) is 23.5. The Morgan fingerprint density at radius 1 is 1.05 bits per heavy atom. The number of halogens is 1. The van der Waals surface area contributed by atoms with E-state index >= 15 is 0 Å². The molecule has 0 bridgehead atoms. The van der Waals surface area contributed by atoms with E-state index in [4.69, 9.17) is 5.73 Å². The SMILES string of the molecule is CC1(C)CC(=O)n2c(c(-c3ccc(C(N)=O)c(NC4CCC(NC(=O)C5=CCCN5)CC4)c3)c3ccc(F)cc32)C1. The van der Waals surface area contributed by atoms with E-state index in [0.717, 1.165) is 60.9 Å². The van der Waals surface area contributed by atoms with Gasteiger partial charge in [-0.3, -0.25) is 19.0 Å². The minimum Gasteiger partial charge on any atom is -0.382 e. The molecule has 3 heterocycles. The number of hydrogen-bond acceptors (Lipinski definition) is 5. The molecule has 8 nitrogen and oxygen atoms in total. The fourth-order valence-electron chi connectivity index (χ4n) is 6.66. The number of aromatic nitrogens is 1. The quantitative estimate of drug-likeness (QED) is 0.345. The lowest BCUT2D eigenvalue weighted by atomic mass is 9.80. The van der Waals surface area contributed by atoms with Gasteiger partial charge in [-0.15, -0.1) is 0 Å². The van der Waals surface area contributed by atoms with Crippen molar-refractivity contribution in [2.24, 2.45) is 11.1 Å². The Morgan fingerprint density at radius 2 is 1.80 bits per heavy atom. The fourth-order valence-corrected chi connectivity index (χ4v) is 6.66. The molecule has 0 radical (unpaired) electrons. The lowest BCUT2D eigenvalue weighted by molar-refractivity contribution is -0.118. The highest BCUT2D eigenvalue weighted by molar-refractivity contribution is 6.06. The number of hydrogen-bond donors (Lipinski definition) is 4. The van der Waals surface area contributed by atoms with Crippen LogP contribution in [0.15, 0.2) is 48.2 Å². The van der Waals surface area contributed by atoms with Gasteiger partial charge < -0.3 is 21.7 Å². The van der Waals surface area contributed by atoms with Crippen LogP contribution in [0.2, 0.25) is 0 Å². The van der Waals surface area contributed by atoms with Crippen molar-refractivity contribution in [1.82, 2.24) is 15.2 Å². The third-order valence-electron chi connectivity index (χ3n) is 8.60. The Morgan fingerprint density at radius 3 is 2.51 bits per heavy atom. The van der Waals surface area contributed by atoms with E-state index in [-0.39, 0.29) is 29.3 Å². The molecule has 6 rings (SSSR count). The second-order valence-electron chi connectivity index (χ2n) is 12.4. The highest BCUT2D eigenvalue weighted by Crippen LogP contribution is 2.43. The molecule has 2 aliphatic heterocycles. The largest absolute Gasteiger partial charge is 0.382 e. The first-order chi connectivity index (χ1) is 19.6. The summed E-state index contributed by atoms with van der Waals surface area (Å²) in [5, 5.41) is 10.6. The van der Waals surface area contributed by atoms with Crippen LogP contribution in [0.3, 0.4) is 0 Å². The van der Waals surface area contributed by atoms with E-state index < -0.39 is 11.7 Å². The summed E-state index contributed by atoms with van der Waals surface area (Å²) in [6, 6.07) is 10.3. The number of nitrogens with two attached hydrogens (primary N) is 1. The first kappa shape index (κ1) is 27.1. The van der Waals surface area contributed by atoms with Gasteiger partial charge in [0.15, 0.2) is 0 Å². The summed E-state index contributed by atoms with van der Waals surface area (Å²) in [4.78, 5) is 38.1. The van der Waals surface area contributed by atoms with E-state index in [9.17, 15) is 18.8 Å². The molecule has 1 aliphatic carbocycles. The number of primary amides is 1. The van der Waals surface area contributed by atoms with Crippen LogP contribution in [0.1, 0.15) is 73.2 Å². The number of benzene rings is 2. The number of rotatable bonds is 6. The molecule has 214 valence electrons. The Hall–Kier alpha value is -4.14. The number of carbonyl (C=O) groups excluding carboxylic acids is 3. The van der Waals surface area contributed by atoms with Gasteiger partial charge in [-0.25, -0.2) is 4.39 Å². The number of anilines is 1. The minimum absolute atomic E-state index is 0.0472. The van der Waals surface area contributed by atoms with Crippen molar-refractivity contribution in [3.63, 3.8) is 0 Å². The van der Waals surface area contributed by atoms with Crippen LogP contribution in [-0.2, 0) is 11.2 Å².